The lowest BCUT2D eigenvalue weighted by atomic mass is 9.55. The molecule has 6 heteroatoms. The van der Waals surface area contributed by atoms with E-state index in [2.05, 4.69) is 74.6 Å². The van der Waals surface area contributed by atoms with Crippen LogP contribution in [0, 0.1) is 35.5 Å². The van der Waals surface area contributed by atoms with Gasteiger partial charge < -0.3 is 9.47 Å². The van der Waals surface area contributed by atoms with E-state index in [-0.39, 0.29) is 10.8 Å². The topological polar surface area (TPSA) is 38.8 Å². The molecule has 8 aliphatic rings. The fraction of sp³-hybridized carbons (Fsp3) is 0.700. The largest absolute Gasteiger partial charge is 0.493 e. The van der Waals surface area contributed by atoms with Crippen LogP contribution in [0.2, 0.25) is 0 Å². The summed E-state index contributed by atoms with van der Waals surface area (Å²) in [5, 5.41) is 2.38. The van der Waals surface area contributed by atoms with Crippen molar-refractivity contribution in [1.82, 2.24) is 4.31 Å². The van der Waals surface area contributed by atoms with Crippen molar-refractivity contribution in [2.45, 2.75) is 119 Å². The van der Waals surface area contributed by atoms with Crippen molar-refractivity contribution in [3.8, 4) is 11.5 Å². The van der Waals surface area contributed by atoms with Gasteiger partial charge in [-0.05, 0) is 172 Å². The highest BCUT2D eigenvalue weighted by atomic mass is 32.2. The highest BCUT2D eigenvalue weighted by molar-refractivity contribution is 7.84. The molecular weight excluding hydrogens is 605 g/mol. The molecule has 0 radical (unpaired) electrons. The van der Waals surface area contributed by atoms with Gasteiger partial charge in [0.2, 0.25) is 0 Å². The first-order chi connectivity index (χ1) is 22.0. The fourth-order valence-corrected chi connectivity index (χ4v) is 19.4. The van der Waals surface area contributed by atoms with E-state index in [1.54, 1.807) is 12.4 Å². The third-order valence-electron chi connectivity index (χ3n) is 13.3. The van der Waals surface area contributed by atoms with Crippen LogP contribution in [-0.4, -0.2) is 44.8 Å². The van der Waals surface area contributed by atoms with E-state index in [4.69, 9.17) is 9.47 Å². The van der Waals surface area contributed by atoms with Crippen LogP contribution < -0.4 is 14.8 Å². The SMILES string of the molecule is COc1cc(C(c2ccccc2)N(C)[S@](=O)C(C)(C)C)c(P(C23CC4CC(CC(C4)C2)C3)C23CC4CC(CC(C4)C2)C3)cc1OC. The zero-order valence-electron chi connectivity index (χ0n) is 29.1. The number of benzene rings is 2. The lowest BCUT2D eigenvalue weighted by Crippen LogP contribution is -2.58. The maximum Gasteiger partial charge on any atom is 0.161 e. The molecule has 8 saturated carbocycles. The van der Waals surface area contributed by atoms with Crippen molar-refractivity contribution < 1.29 is 13.7 Å². The number of ether oxygens (including phenoxy) is 2. The lowest BCUT2D eigenvalue weighted by molar-refractivity contribution is 0.0195. The molecule has 8 aliphatic carbocycles. The zero-order chi connectivity index (χ0) is 32.0. The quantitative estimate of drug-likeness (QED) is 0.252. The second-order valence-electron chi connectivity index (χ2n) is 17.6. The minimum absolute atomic E-state index is 0.135. The molecule has 8 fully saturated rings. The first-order valence-electron chi connectivity index (χ1n) is 18.3. The van der Waals surface area contributed by atoms with Crippen LogP contribution in [0.3, 0.4) is 0 Å². The Morgan fingerprint density at radius 1 is 0.739 bits per heavy atom. The molecule has 2 atom stereocenters. The second-order valence-corrected chi connectivity index (χ2v) is 23.0. The fourth-order valence-electron chi connectivity index (χ4n) is 12.7. The van der Waals surface area contributed by atoms with Crippen LogP contribution in [0.4, 0.5) is 0 Å². The summed E-state index contributed by atoms with van der Waals surface area (Å²) in [5.74, 6) is 7.14. The normalized spacial score (nSPS) is 37.8. The molecule has 2 aromatic carbocycles. The molecule has 2 aromatic rings. The molecular formula is C40H56NO3PS. The molecule has 250 valence electrons. The van der Waals surface area contributed by atoms with Crippen LogP contribution in [0.25, 0.3) is 0 Å². The molecule has 46 heavy (non-hydrogen) atoms. The van der Waals surface area contributed by atoms with Crippen molar-refractivity contribution in [2.75, 3.05) is 21.3 Å². The Morgan fingerprint density at radius 2 is 1.15 bits per heavy atom. The molecule has 0 saturated heterocycles. The first-order valence-corrected chi connectivity index (χ1v) is 20.7. The van der Waals surface area contributed by atoms with Crippen LogP contribution in [0.1, 0.15) is 115 Å². The van der Waals surface area contributed by atoms with E-state index >= 15 is 0 Å². The predicted molar refractivity (Wildman–Crippen MR) is 192 cm³/mol. The van der Waals surface area contributed by atoms with Crippen molar-refractivity contribution >= 4 is 24.2 Å². The van der Waals surface area contributed by atoms with Crippen LogP contribution in [-0.2, 0) is 11.0 Å². The molecule has 0 N–H and O–H groups in total. The van der Waals surface area contributed by atoms with Crippen molar-refractivity contribution in [1.29, 1.82) is 0 Å². The second kappa shape index (κ2) is 11.6. The predicted octanol–water partition coefficient (Wildman–Crippen LogP) is 9.23. The smallest absolute Gasteiger partial charge is 0.161 e. The number of rotatable bonds is 9. The number of methoxy groups -OCH3 is 2. The van der Waals surface area contributed by atoms with Gasteiger partial charge in [0.15, 0.2) is 11.5 Å². The summed E-state index contributed by atoms with van der Waals surface area (Å²) in [4.78, 5) is 0. The van der Waals surface area contributed by atoms with Gasteiger partial charge in [0.05, 0.1) is 25.0 Å². The minimum atomic E-state index is -1.20. The van der Waals surface area contributed by atoms with E-state index in [9.17, 15) is 4.21 Å². The van der Waals surface area contributed by atoms with Gasteiger partial charge in [0.25, 0.3) is 0 Å². The Bertz CT molecular complexity index is 1370. The van der Waals surface area contributed by atoms with Gasteiger partial charge in [0, 0.05) is 7.05 Å². The molecule has 8 bridgehead atoms. The molecule has 0 spiro atoms. The van der Waals surface area contributed by atoms with E-state index in [0.29, 0.717) is 10.3 Å². The van der Waals surface area contributed by atoms with Crippen molar-refractivity contribution in [3.63, 3.8) is 0 Å². The average Bonchev–Trinajstić information content (AvgIpc) is 2.99. The van der Waals surface area contributed by atoms with Gasteiger partial charge in [0.1, 0.15) is 11.0 Å². The molecule has 0 heterocycles. The van der Waals surface area contributed by atoms with Gasteiger partial charge in [-0.1, -0.05) is 38.3 Å². The molecule has 0 aliphatic heterocycles. The van der Waals surface area contributed by atoms with Gasteiger partial charge in [-0.15, -0.1) is 0 Å². The van der Waals surface area contributed by atoms with Gasteiger partial charge in [-0.3, -0.25) is 0 Å². The van der Waals surface area contributed by atoms with Gasteiger partial charge in [-0.2, -0.15) is 0 Å². The molecule has 10 rings (SSSR count). The Morgan fingerprint density at radius 3 is 1.54 bits per heavy atom. The Balaban J connectivity index is 1.38. The maximum absolute atomic E-state index is 14.3. The summed E-state index contributed by atoms with van der Waals surface area (Å²) in [6.45, 7) is 6.32. The lowest BCUT2D eigenvalue weighted by Gasteiger charge is -2.67. The highest BCUT2D eigenvalue weighted by Crippen LogP contribution is 2.78. The number of nitrogens with zero attached hydrogens (tertiary/aromatic N) is 1. The van der Waals surface area contributed by atoms with Crippen molar-refractivity contribution in [2.24, 2.45) is 35.5 Å². The summed E-state index contributed by atoms with van der Waals surface area (Å²) >= 11 is 0. The average molecular weight is 662 g/mol. The Kier molecular flexibility index (Phi) is 8.02. The third-order valence-corrected chi connectivity index (χ3v) is 18.9. The molecule has 1 unspecified atom stereocenters. The zero-order valence-corrected chi connectivity index (χ0v) is 30.8. The summed E-state index contributed by atoms with van der Waals surface area (Å²) in [6.07, 6.45) is 17.4. The van der Waals surface area contributed by atoms with E-state index < -0.39 is 18.9 Å². The monoisotopic (exact) mass is 661 g/mol. The highest BCUT2D eigenvalue weighted by Gasteiger charge is 2.63. The van der Waals surface area contributed by atoms with Crippen molar-refractivity contribution in [3.05, 3.63) is 53.6 Å². The number of hydrogen-bond acceptors (Lipinski definition) is 3. The van der Waals surface area contributed by atoms with Crippen LogP contribution in [0.15, 0.2) is 42.5 Å². The molecule has 0 aromatic heterocycles. The Hall–Kier alpha value is -1.42. The molecule has 0 amide bonds. The summed E-state index contributed by atoms with van der Waals surface area (Å²) in [5.41, 5.74) is 2.53. The summed E-state index contributed by atoms with van der Waals surface area (Å²) in [6, 6.07) is 15.5. The molecule has 4 nitrogen and oxygen atoms in total. The van der Waals surface area contributed by atoms with Gasteiger partial charge in [-0.25, -0.2) is 8.51 Å². The Labute approximate surface area is 282 Å². The van der Waals surface area contributed by atoms with E-state index in [0.717, 1.165) is 47.0 Å². The third kappa shape index (κ3) is 5.24. The summed E-state index contributed by atoms with van der Waals surface area (Å²) in [7, 11) is 3.96. The first kappa shape index (κ1) is 31.8. The van der Waals surface area contributed by atoms with E-state index in [1.807, 2.05) is 7.11 Å². The van der Waals surface area contributed by atoms with Crippen LogP contribution >= 0.6 is 7.92 Å². The van der Waals surface area contributed by atoms with Crippen LogP contribution in [0.5, 0.6) is 11.5 Å². The maximum atomic E-state index is 14.3. The minimum Gasteiger partial charge on any atom is -0.493 e. The summed E-state index contributed by atoms with van der Waals surface area (Å²) < 4.78 is 28.4. The van der Waals surface area contributed by atoms with Gasteiger partial charge >= 0.3 is 0 Å². The van der Waals surface area contributed by atoms with E-state index in [1.165, 1.54) is 88.2 Å². The number of hydrogen-bond donors (Lipinski definition) is 0. The standard InChI is InChI=1S/C40H56NO3PS/c1-38(2,3)46(42)41(4)37(32-10-8-7-9-11-32)33-18-34(43-5)35(44-6)19-36(33)45(39-20-26-12-27(21-39)14-28(13-26)22-39)40-23-29-15-30(24-40)17-31(16-29)25-40/h7-11,18-19,26-31,37H,12-17,20-25H2,1-6H3/t26?,27?,28?,29?,30?,31?,37?,39?,40?,45?,46-/m1/s1.